The number of nitrogens with zero attached hydrogens (tertiary/aromatic N) is 2. The third-order valence-electron chi connectivity index (χ3n) is 5.22. The van der Waals surface area contributed by atoms with Crippen molar-refractivity contribution < 1.29 is 13.9 Å². The van der Waals surface area contributed by atoms with Crippen molar-refractivity contribution in [2.45, 2.75) is 33.3 Å². The number of aromatic nitrogens is 2. The number of hydrogen-bond donors (Lipinski definition) is 1. The van der Waals surface area contributed by atoms with Gasteiger partial charge in [-0.15, -0.1) is 10.2 Å². The topological polar surface area (TPSA) is 77.2 Å². The summed E-state index contributed by atoms with van der Waals surface area (Å²) < 4.78 is 12.0. The minimum Gasteiger partial charge on any atom is -0.480 e. The zero-order chi connectivity index (χ0) is 22.5. The van der Waals surface area contributed by atoms with E-state index in [0.29, 0.717) is 29.5 Å². The summed E-state index contributed by atoms with van der Waals surface area (Å²) in [4.78, 5) is 13.0. The van der Waals surface area contributed by atoms with Crippen LogP contribution in [0.1, 0.15) is 24.5 Å². The van der Waals surface area contributed by atoms with Gasteiger partial charge in [0.05, 0.1) is 5.56 Å². The van der Waals surface area contributed by atoms with Crippen LogP contribution in [-0.2, 0) is 4.79 Å². The van der Waals surface area contributed by atoms with E-state index >= 15 is 0 Å². The van der Waals surface area contributed by atoms with Gasteiger partial charge in [-0.3, -0.25) is 4.79 Å². The van der Waals surface area contributed by atoms with E-state index in [1.807, 2.05) is 87.5 Å². The second-order valence-corrected chi connectivity index (χ2v) is 7.55. The van der Waals surface area contributed by atoms with Crippen LogP contribution in [0.25, 0.3) is 22.9 Å². The third kappa shape index (κ3) is 4.54. The maximum absolute atomic E-state index is 13.0. The number of benzene rings is 3. The van der Waals surface area contributed by atoms with Crippen LogP contribution >= 0.6 is 0 Å². The Labute approximate surface area is 187 Å². The normalized spacial score (nSPS) is 11.7. The van der Waals surface area contributed by atoms with Crippen molar-refractivity contribution >= 4 is 11.6 Å². The molecule has 1 aromatic heterocycles. The Morgan fingerprint density at radius 2 is 1.56 bits per heavy atom. The molecule has 1 atom stereocenters. The van der Waals surface area contributed by atoms with Crippen LogP contribution in [0.2, 0.25) is 0 Å². The SMILES string of the molecule is CCC(Oc1ccccc1-c1nnc(-c2ccccc2)o1)C(=O)Nc1c(C)cccc1C. The zero-order valence-corrected chi connectivity index (χ0v) is 18.3. The summed E-state index contributed by atoms with van der Waals surface area (Å²) in [6, 6.07) is 22.8. The number of hydrogen-bond acceptors (Lipinski definition) is 5. The number of rotatable bonds is 7. The first-order valence-corrected chi connectivity index (χ1v) is 10.6. The molecule has 0 saturated heterocycles. The molecule has 0 fully saturated rings. The number of nitrogens with one attached hydrogen (secondary N) is 1. The zero-order valence-electron chi connectivity index (χ0n) is 18.3. The molecule has 0 aliphatic carbocycles. The molecule has 6 heteroatoms. The van der Waals surface area contributed by atoms with E-state index in [0.717, 1.165) is 22.4 Å². The first kappa shape index (κ1) is 21.3. The first-order chi connectivity index (χ1) is 15.6. The number of ether oxygens (including phenoxy) is 1. The number of anilines is 1. The molecule has 0 radical (unpaired) electrons. The largest absolute Gasteiger partial charge is 0.480 e. The second-order valence-electron chi connectivity index (χ2n) is 7.55. The summed E-state index contributed by atoms with van der Waals surface area (Å²) in [5.41, 5.74) is 4.31. The van der Waals surface area contributed by atoms with Crippen molar-refractivity contribution in [3.63, 3.8) is 0 Å². The van der Waals surface area contributed by atoms with E-state index in [9.17, 15) is 4.79 Å². The van der Waals surface area contributed by atoms with Crippen LogP contribution in [-0.4, -0.2) is 22.2 Å². The van der Waals surface area contributed by atoms with E-state index in [2.05, 4.69) is 15.5 Å². The van der Waals surface area contributed by atoms with Gasteiger partial charge in [-0.25, -0.2) is 0 Å². The Hall–Kier alpha value is -3.93. The minimum absolute atomic E-state index is 0.199. The Morgan fingerprint density at radius 1 is 0.906 bits per heavy atom. The molecule has 0 bridgehead atoms. The highest BCUT2D eigenvalue weighted by molar-refractivity contribution is 5.95. The lowest BCUT2D eigenvalue weighted by Gasteiger charge is -2.20. The quantitative estimate of drug-likeness (QED) is 0.402. The van der Waals surface area contributed by atoms with Gasteiger partial charge in [0, 0.05) is 11.3 Å². The molecular weight excluding hydrogens is 402 g/mol. The fraction of sp³-hybridized carbons (Fsp3) is 0.192. The summed E-state index contributed by atoms with van der Waals surface area (Å²) >= 11 is 0. The number of aryl methyl sites for hydroxylation is 2. The van der Waals surface area contributed by atoms with Gasteiger partial charge in [0.1, 0.15) is 5.75 Å². The molecule has 0 aliphatic heterocycles. The van der Waals surface area contributed by atoms with Gasteiger partial charge in [-0.05, 0) is 55.7 Å². The summed E-state index contributed by atoms with van der Waals surface area (Å²) in [5.74, 6) is 1.08. The standard InChI is InChI=1S/C26H25N3O3/c1-4-21(24(30)27-23-17(2)11-10-12-18(23)3)31-22-16-9-8-15-20(22)26-29-28-25(32-26)19-13-6-5-7-14-19/h5-16,21H,4H2,1-3H3,(H,27,30). The molecule has 4 rings (SSSR count). The fourth-order valence-corrected chi connectivity index (χ4v) is 3.47. The number of amides is 1. The maximum Gasteiger partial charge on any atom is 0.265 e. The summed E-state index contributed by atoms with van der Waals surface area (Å²) in [6.45, 7) is 5.86. The maximum atomic E-state index is 13.0. The smallest absolute Gasteiger partial charge is 0.265 e. The van der Waals surface area contributed by atoms with Gasteiger partial charge in [0.25, 0.3) is 11.8 Å². The van der Waals surface area contributed by atoms with Crippen LogP contribution in [0.15, 0.2) is 77.2 Å². The summed E-state index contributed by atoms with van der Waals surface area (Å²) in [5, 5.41) is 11.4. The highest BCUT2D eigenvalue weighted by atomic mass is 16.5. The van der Waals surface area contributed by atoms with Crippen molar-refractivity contribution in [2.24, 2.45) is 0 Å². The fourth-order valence-electron chi connectivity index (χ4n) is 3.47. The average Bonchev–Trinajstić information content (AvgIpc) is 3.31. The van der Waals surface area contributed by atoms with E-state index in [4.69, 9.17) is 9.15 Å². The predicted molar refractivity (Wildman–Crippen MR) is 124 cm³/mol. The lowest BCUT2D eigenvalue weighted by atomic mass is 10.1. The van der Waals surface area contributed by atoms with Gasteiger partial charge in [-0.2, -0.15) is 0 Å². The van der Waals surface area contributed by atoms with Crippen molar-refractivity contribution in [3.05, 3.63) is 83.9 Å². The molecule has 162 valence electrons. The van der Waals surface area contributed by atoms with Crippen LogP contribution in [0, 0.1) is 13.8 Å². The molecule has 1 N–H and O–H groups in total. The molecule has 0 saturated carbocycles. The van der Waals surface area contributed by atoms with Crippen LogP contribution < -0.4 is 10.1 Å². The predicted octanol–water partition coefficient (Wildman–Crippen LogP) is 5.82. The van der Waals surface area contributed by atoms with Gasteiger partial charge >= 0.3 is 0 Å². The Kier molecular flexibility index (Phi) is 6.31. The Balaban J connectivity index is 1.57. The highest BCUT2D eigenvalue weighted by Gasteiger charge is 2.23. The highest BCUT2D eigenvalue weighted by Crippen LogP contribution is 2.32. The molecular formula is C26H25N3O3. The molecule has 1 heterocycles. The van der Waals surface area contributed by atoms with Crippen LogP contribution in [0.5, 0.6) is 5.75 Å². The van der Waals surface area contributed by atoms with E-state index < -0.39 is 6.10 Å². The summed E-state index contributed by atoms with van der Waals surface area (Å²) in [7, 11) is 0. The van der Waals surface area contributed by atoms with Gasteiger partial charge in [0.15, 0.2) is 6.10 Å². The number of carbonyl (C=O) groups is 1. The lowest BCUT2D eigenvalue weighted by molar-refractivity contribution is -0.122. The lowest BCUT2D eigenvalue weighted by Crippen LogP contribution is -2.33. The van der Waals surface area contributed by atoms with Crippen LogP contribution in [0.4, 0.5) is 5.69 Å². The summed E-state index contributed by atoms with van der Waals surface area (Å²) in [6.07, 6.45) is -0.170. The van der Waals surface area contributed by atoms with Crippen molar-refractivity contribution in [1.29, 1.82) is 0 Å². The number of carbonyl (C=O) groups excluding carboxylic acids is 1. The third-order valence-corrected chi connectivity index (χ3v) is 5.22. The molecule has 4 aromatic rings. The molecule has 0 spiro atoms. The Morgan fingerprint density at radius 3 is 2.28 bits per heavy atom. The molecule has 3 aromatic carbocycles. The number of para-hydroxylation sites is 2. The van der Waals surface area contributed by atoms with Crippen molar-refractivity contribution in [3.8, 4) is 28.7 Å². The van der Waals surface area contributed by atoms with Gasteiger partial charge < -0.3 is 14.5 Å². The van der Waals surface area contributed by atoms with E-state index in [-0.39, 0.29) is 5.91 Å². The van der Waals surface area contributed by atoms with E-state index in [1.165, 1.54) is 0 Å². The first-order valence-electron chi connectivity index (χ1n) is 10.6. The van der Waals surface area contributed by atoms with Crippen LogP contribution in [0.3, 0.4) is 0 Å². The van der Waals surface area contributed by atoms with Crippen molar-refractivity contribution in [2.75, 3.05) is 5.32 Å². The second kappa shape index (κ2) is 9.47. The van der Waals surface area contributed by atoms with E-state index in [1.54, 1.807) is 6.07 Å². The Bertz CT molecular complexity index is 1200. The van der Waals surface area contributed by atoms with Crippen molar-refractivity contribution in [1.82, 2.24) is 10.2 Å². The average molecular weight is 428 g/mol. The molecule has 6 nitrogen and oxygen atoms in total. The van der Waals surface area contributed by atoms with Gasteiger partial charge in [0.2, 0.25) is 5.89 Å². The molecule has 1 unspecified atom stereocenters. The molecule has 32 heavy (non-hydrogen) atoms. The van der Waals surface area contributed by atoms with Gasteiger partial charge in [-0.1, -0.05) is 55.5 Å². The monoisotopic (exact) mass is 427 g/mol. The molecule has 1 amide bonds. The minimum atomic E-state index is -0.674. The molecule has 0 aliphatic rings.